The number of hydrogen-bond donors (Lipinski definition) is 3. The lowest BCUT2D eigenvalue weighted by molar-refractivity contribution is -0.136. The van der Waals surface area contributed by atoms with E-state index in [1.807, 2.05) is 16.8 Å². The van der Waals surface area contributed by atoms with E-state index in [1.54, 1.807) is 24.5 Å². The number of nitriles is 1. The zero-order valence-electron chi connectivity index (χ0n) is 20.4. The fourth-order valence-corrected chi connectivity index (χ4v) is 4.63. The van der Waals surface area contributed by atoms with Crippen molar-refractivity contribution in [2.75, 3.05) is 43.6 Å². The summed E-state index contributed by atoms with van der Waals surface area (Å²) in [5.41, 5.74) is 1.69. The molecule has 4 aromatic heterocycles. The third-order valence-corrected chi connectivity index (χ3v) is 6.62. The van der Waals surface area contributed by atoms with Gasteiger partial charge in [0, 0.05) is 44.5 Å². The standard InChI is InChI=1S/C24H26N10O3/c1-14-6-9-33(19-4-3-15(11-25)30-31-19)13-18(14)34-20-16-5-7-26-21(16)28-12-17(20)22(32-34)29-24(36)23(35)27-8-10-37-2/h3-5,7,12,14,18,32H,6,8-10,13H2,1-2H3,(H,27,35)(H,29,36)/t14-,18+/m1/s1. The molecule has 5 rings (SSSR count). The van der Waals surface area contributed by atoms with Crippen molar-refractivity contribution in [2.45, 2.75) is 19.4 Å². The number of carbonyl (C=O) groups excluding carboxylic acids is 2. The van der Waals surface area contributed by atoms with Crippen LogP contribution in [0.4, 0.5) is 11.6 Å². The lowest BCUT2D eigenvalue weighted by Gasteiger charge is -2.38. The van der Waals surface area contributed by atoms with E-state index in [2.05, 4.69) is 47.7 Å². The van der Waals surface area contributed by atoms with Crippen LogP contribution in [0.1, 0.15) is 25.1 Å². The predicted octanol–water partition coefficient (Wildman–Crippen LogP) is 1.36. The second kappa shape index (κ2) is 10.2. The molecule has 1 saturated heterocycles. The normalized spacial score (nSPS) is 17.6. The first-order chi connectivity index (χ1) is 18.0. The minimum Gasteiger partial charge on any atom is -0.383 e. The van der Waals surface area contributed by atoms with E-state index < -0.39 is 11.8 Å². The molecule has 0 unspecified atom stereocenters. The van der Waals surface area contributed by atoms with Gasteiger partial charge >= 0.3 is 11.8 Å². The molecule has 0 radical (unpaired) electrons. The van der Waals surface area contributed by atoms with Crippen molar-refractivity contribution in [3.05, 3.63) is 36.3 Å². The predicted molar refractivity (Wildman–Crippen MR) is 135 cm³/mol. The fraction of sp³-hybridized carbons (Fsp3) is 0.375. The zero-order chi connectivity index (χ0) is 25.9. The maximum Gasteiger partial charge on any atom is 0.314 e. The molecule has 1 fully saturated rings. The lowest BCUT2D eigenvalue weighted by atomic mass is 9.93. The summed E-state index contributed by atoms with van der Waals surface area (Å²) < 4.78 is 6.94. The summed E-state index contributed by atoms with van der Waals surface area (Å²) in [5.74, 6) is -0.206. The van der Waals surface area contributed by atoms with Gasteiger partial charge in [-0.2, -0.15) is 5.26 Å². The molecule has 2 amide bonds. The monoisotopic (exact) mass is 502 g/mol. The molecule has 37 heavy (non-hydrogen) atoms. The molecule has 5 heterocycles. The number of amides is 2. The van der Waals surface area contributed by atoms with Crippen molar-refractivity contribution in [3.8, 4) is 6.07 Å². The van der Waals surface area contributed by atoms with Crippen LogP contribution in [0.3, 0.4) is 0 Å². The molecule has 190 valence electrons. The van der Waals surface area contributed by atoms with Crippen molar-refractivity contribution in [1.82, 2.24) is 35.3 Å². The van der Waals surface area contributed by atoms with Crippen molar-refractivity contribution in [1.29, 1.82) is 5.26 Å². The first-order valence-corrected chi connectivity index (χ1v) is 11.9. The zero-order valence-corrected chi connectivity index (χ0v) is 20.4. The molecule has 0 aliphatic carbocycles. The highest BCUT2D eigenvalue weighted by molar-refractivity contribution is 6.40. The van der Waals surface area contributed by atoms with E-state index in [4.69, 9.17) is 10.00 Å². The van der Waals surface area contributed by atoms with Crippen molar-refractivity contribution < 1.29 is 14.3 Å². The van der Waals surface area contributed by atoms with E-state index in [1.165, 1.54) is 7.11 Å². The van der Waals surface area contributed by atoms with Crippen LogP contribution < -0.4 is 15.5 Å². The molecular formula is C24H26N10O3. The number of H-pyrrole nitrogens is 1. The Balaban J connectivity index is 1.50. The smallest absolute Gasteiger partial charge is 0.314 e. The second-order valence-electron chi connectivity index (χ2n) is 8.93. The Morgan fingerprint density at radius 3 is 2.84 bits per heavy atom. The Labute approximate surface area is 211 Å². The number of fused-ring (bicyclic) bond motifs is 3. The third kappa shape index (κ3) is 4.66. The number of hydrogen-bond acceptors (Lipinski definition) is 9. The molecule has 4 aromatic rings. The van der Waals surface area contributed by atoms with E-state index >= 15 is 0 Å². The molecule has 13 heteroatoms. The summed E-state index contributed by atoms with van der Waals surface area (Å²) in [7, 11) is 1.52. The average molecular weight is 503 g/mol. The molecule has 1 aliphatic heterocycles. The van der Waals surface area contributed by atoms with E-state index in [9.17, 15) is 9.59 Å². The van der Waals surface area contributed by atoms with E-state index in [0.29, 0.717) is 35.8 Å². The SMILES string of the molecule is COCCNC(=O)C(=O)Nc1[nH]n([C@H]2CN(c3ccc(C#N)nn3)CC[C@H]2C)c2c1cnc1nccc12. The van der Waals surface area contributed by atoms with Gasteiger partial charge in [-0.05, 0) is 30.5 Å². The number of methoxy groups -OCH3 is 1. The minimum absolute atomic E-state index is 0.0321. The quantitative estimate of drug-likeness (QED) is 0.260. The molecule has 0 saturated carbocycles. The fourth-order valence-electron chi connectivity index (χ4n) is 4.63. The van der Waals surface area contributed by atoms with Gasteiger partial charge in [0.05, 0.1) is 23.6 Å². The molecule has 2 atom stereocenters. The highest BCUT2D eigenvalue weighted by Crippen LogP contribution is 2.36. The van der Waals surface area contributed by atoms with Crippen LogP contribution in [0.2, 0.25) is 0 Å². The van der Waals surface area contributed by atoms with Crippen LogP contribution in [0.5, 0.6) is 0 Å². The van der Waals surface area contributed by atoms with Gasteiger partial charge in [-0.3, -0.25) is 19.4 Å². The van der Waals surface area contributed by atoms with E-state index in [-0.39, 0.29) is 24.2 Å². The van der Waals surface area contributed by atoms with Gasteiger partial charge in [-0.15, -0.1) is 10.2 Å². The van der Waals surface area contributed by atoms with Crippen LogP contribution in [0.15, 0.2) is 30.6 Å². The number of aromatic amines is 1. The van der Waals surface area contributed by atoms with Gasteiger partial charge in [0.25, 0.3) is 0 Å². The maximum atomic E-state index is 12.6. The number of aromatic nitrogens is 6. The van der Waals surface area contributed by atoms with Crippen LogP contribution in [0.25, 0.3) is 21.9 Å². The van der Waals surface area contributed by atoms with Crippen LogP contribution in [-0.4, -0.2) is 75.1 Å². The number of anilines is 2. The Kier molecular flexibility index (Phi) is 6.65. The first kappa shape index (κ1) is 24.1. The molecule has 0 spiro atoms. The number of rotatable bonds is 6. The Morgan fingerprint density at radius 1 is 1.22 bits per heavy atom. The number of nitrogens with one attached hydrogen (secondary N) is 3. The van der Waals surface area contributed by atoms with Gasteiger partial charge in [0.15, 0.2) is 17.2 Å². The highest BCUT2D eigenvalue weighted by atomic mass is 16.5. The van der Waals surface area contributed by atoms with Crippen molar-refractivity contribution in [3.63, 3.8) is 0 Å². The number of ether oxygens (including phenoxy) is 1. The Hall–Kier alpha value is -4.57. The van der Waals surface area contributed by atoms with Crippen LogP contribution in [-0.2, 0) is 14.3 Å². The highest BCUT2D eigenvalue weighted by Gasteiger charge is 2.31. The number of piperidine rings is 1. The van der Waals surface area contributed by atoms with Crippen LogP contribution in [0, 0.1) is 17.2 Å². The molecule has 0 aromatic carbocycles. The first-order valence-electron chi connectivity index (χ1n) is 11.9. The van der Waals surface area contributed by atoms with Gasteiger partial charge in [0.1, 0.15) is 11.9 Å². The molecular weight excluding hydrogens is 476 g/mol. The molecule has 1 aliphatic rings. The second-order valence-corrected chi connectivity index (χ2v) is 8.93. The summed E-state index contributed by atoms with van der Waals surface area (Å²) in [6, 6.07) is 7.30. The largest absolute Gasteiger partial charge is 0.383 e. The Bertz CT molecular complexity index is 1490. The van der Waals surface area contributed by atoms with Gasteiger partial charge in [0.2, 0.25) is 0 Å². The summed E-state index contributed by atoms with van der Waals surface area (Å²) >= 11 is 0. The summed E-state index contributed by atoms with van der Waals surface area (Å²) in [6.45, 7) is 4.11. The number of nitrogens with zero attached hydrogens (tertiary/aromatic N) is 7. The maximum absolute atomic E-state index is 12.6. The van der Waals surface area contributed by atoms with Crippen molar-refractivity contribution in [2.24, 2.45) is 5.92 Å². The third-order valence-electron chi connectivity index (χ3n) is 6.62. The number of pyridine rings is 1. The molecule has 0 bridgehead atoms. The number of carbonyl (C=O) groups is 2. The molecule has 13 nitrogen and oxygen atoms in total. The topological polar surface area (TPSA) is 167 Å². The van der Waals surface area contributed by atoms with Crippen LogP contribution >= 0.6 is 0 Å². The van der Waals surface area contributed by atoms with Crippen molar-refractivity contribution >= 4 is 45.4 Å². The van der Waals surface area contributed by atoms with Gasteiger partial charge in [-0.25, -0.2) is 9.97 Å². The minimum atomic E-state index is -0.793. The summed E-state index contributed by atoms with van der Waals surface area (Å²) in [4.78, 5) is 35.8. The molecule has 3 N–H and O–H groups in total. The van der Waals surface area contributed by atoms with Gasteiger partial charge in [-0.1, -0.05) is 6.92 Å². The lowest BCUT2D eigenvalue weighted by Crippen LogP contribution is -2.41. The average Bonchev–Trinajstić information content (AvgIpc) is 3.54. The van der Waals surface area contributed by atoms with Gasteiger partial charge < -0.3 is 20.3 Å². The summed E-state index contributed by atoms with van der Waals surface area (Å²) in [5, 5.41) is 27.3. The summed E-state index contributed by atoms with van der Waals surface area (Å²) in [6.07, 6.45) is 4.23. The Morgan fingerprint density at radius 2 is 2.08 bits per heavy atom. The van der Waals surface area contributed by atoms with E-state index in [0.717, 1.165) is 23.9 Å².